The van der Waals surface area contributed by atoms with Gasteiger partial charge >= 0.3 is 0 Å². The Bertz CT molecular complexity index is 245. The normalized spacial score (nSPS) is 19.5. The average Bonchev–Trinajstić information content (AvgIpc) is 2.18. The molecule has 0 aliphatic heterocycles. The molecule has 0 fully saturated rings. The number of hydrogen-bond acceptors (Lipinski definition) is 1. The van der Waals surface area contributed by atoms with Gasteiger partial charge in [0.05, 0.1) is 0 Å². The van der Waals surface area contributed by atoms with Crippen molar-refractivity contribution in [2.75, 3.05) is 0 Å². The summed E-state index contributed by atoms with van der Waals surface area (Å²) >= 11 is 0. The van der Waals surface area contributed by atoms with Crippen molar-refractivity contribution in [1.82, 2.24) is 0 Å². The Hall–Kier alpha value is -1.08. The van der Waals surface area contributed by atoms with Crippen molar-refractivity contribution < 1.29 is 5.11 Å². The Morgan fingerprint density at radius 2 is 1.20 bits per heavy atom. The second kappa shape index (κ2) is 7.24. The van der Waals surface area contributed by atoms with Gasteiger partial charge in [0.1, 0.15) is 5.60 Å². The largest absolute Gasteiger partial charge is 0.381 e. The van der Waals surface area contributed by atoms with Gasteiger partial charge in [0.25, 0.3) is 0 Å². The zero-order chi connectivity index (χ0) is 11.7. The zero-order valence-electron chi connectivity index (χ0n) is 10.1. The maximum Gasteiger partial charge on any atom is 0.110 e. The summed E-state index contributed by atoms with van der Waals surface area (Å²) in [6, 6.07) is 0. The van der Waals surface area contributed by atoms with Gasteiger partial charge in [-0.2, -0.15) is 0 Å². The molecule has 84 valence electrons. The van der Waals surface area contributed by atoms with Gasteiger partial charge in [0, 0.05) is 5.92 Å². The van der Waals surface area contributed by atoms with Crippen molar-refractivity contribution in [3.63, 3.8) is 0 Å². The van der Waals surface area contributed by atoms with Crippen LogP contribution >= 0.6 is 0 Å². The third kappa shape index (κ3) is 4.30. The van der Waals surface area contributed by atoms with Gasteiger partial charge in [-0.3, -0.25) is 0 Å². The van der Waals surface area contributed by atoms with Gasteiger partial charge in [0.15, 0.2) is 0 Å². The number of hydrogen-bond donors (Lipinski definition) is 1. The lowest BCUT2D eigenvalue weighted by Gasteiger charge is -2.26. The molecule has 1 N–H and O–H groups in total. The second-order valence-electron chi connectivity index (χ2n) is 3.46. The van der Waals surface area contributed by atoms with Gasteiger partial charge < -0.3 is 5.11 Å². The van der Waals surface area contributed by atoms with Crippen molar-refractivity contribution in [2.45, 2.75) is 33.3 Å². The molecule has 0 atom stereocenters. The van der Waals surface area contributed by atoms with Crippen LogP contribution in [0.15, 0.2) is 48.6 Å². The highest BCUT2D eigenvalue weighted by Crippen LogP contribution is 2.24. The fourth-order valence-corrected chi connectivity index (χ4v) is 1.60. The summed E-state index contributed by atoms with van der Waals surface area (Å²) in [5.74, 6) is -0.0140. The molecule has 15 heavy (non-hydrogen) atoms. The Morgan fingerprint density at radius 1 is 0.800 bits per heavy atom. The van der Waals surface area contributed by atoms with E-state index in [1.165, 1.54) is 0 Å². The summed E-state index contributed by atoms with van der Waals surface area (Å²) in [6.07, 6.45) is 15.3. The number of aliphatic hydroxyl groups is 1. The first-order chi connectivity index (χ1) is 7.14. The molecule has 0 rings (SSSR count). The first kappa shape index (κ1) is 13.9. The molecule has 0 saturated carbocycles. The van der Waals surface area contributed by atoms with E-state index >= 15 is 0 Å². The molecule has 0 radical (unpaired) electrons. The number of rotatable bonds is 5. The third-order valence-corrected chi connectivity index (χ3v) is 2.20. The molecule has 0 saturated heterocycles. The predicted octanol–water partition coefficient (Wildman–Crippen LogP) is 3.64. The minimum atomic E-state index is -0.914. The molecule has 0 aliphatic rings. The Morgan fingerprint density at radius 3 is 1.47 bits per heavy atom. The molecular weight excluding hydrogens is 184 g/mol. The van der Waals surface area contributed by atoms with E-state index in [4.69, 9.17) is 0 Å². The lowest BCUT2D eigenvalue weighted by Crippen LogP contribution is -2.31. The van der Waals surface area contributed by atoms with E-state index in [-0.39, 0.29) is 5.92 Å². The summed E-state index contributed by atoms with van der Waals surface area (Å²) in [7, 11) is 0. The van der Waals surface area contributed by atoms with Crippen LogP contribution in [-0.4, -0.2) is 10.7 Å². The average molecular weight is 206 g/mol. The molecule has 0 aromatic heterocycles. The minimum absolute atomic E-state index is 0.0140. The Labute approximate surface area is 93.5 Å². The molecule has 0 aliphatic carbocycles. The Balaban J connectivity index is 5.15. The van der Waals surface area contributed by atoms with E-state index in [1.807, 2.05) is 76.3 Å². The molecule has 0 aromatic rings. The van der Waals surface area contributed by atoms with Gasteiger partial charge in [-0.05, 0) is 27.7 Å². The molecular formula is C14H22O. The van der Waals surface area contributed by atoms with E-state index in [1.54, 1.807) is 0 Å². The van der Waals surface area contributed by atoms with Crippen LogP contribution in [0.2, 0.25) is 0 Å². The standard InChI is InChI=1S/C14H22O/c1-5-9-13(10-6-2)14(15,11-7-3)12-8-4/h5-13,15H,1-4H3. The van der Waals surface area contributed by atoms with Crippen LogP contribution < -0.4 is 0 Å². The fraction of sp³-hybridized carbons (Fsp3) is 0.429. The van der Waals surface area contributed by atoms with E-state index in [9.17, 15) is 5.11 Å². The topological polar surface area (TPSA) is 20.2 Å². The maximum absolute atomic E-state index is 10.5. The first-order valence-electron chi connectivity index (χ1n) is 5.40. The van der Waals surface area contributed by atoms with E-state index in [2.05, 4.69) is 0 Å². The second-order valence-corrected chi connectivity index (χ2v) is 3.46. The SMILES string of the molecule is CC=CC(C=CC)C(O)(C=CC)C=CC. The minimum Gasteiger partial charge on any atom is -0.381 e. The van der Waals surface area contributed by atoms with Crippen LogP contribution in [0.3, 0.4) is 0 Å². The molecule has 0 amide bonds. The van der Waals surface area contributed by atoms with Crippen molar-refractivity contribution in [3.05, 3.63) is 48.6 Å². The van der Waals surface area contributed by atoms with Crippen LogP contribution in [0, 0.1) is 5.92 Å². The smallest absolute Gasteiger partial charge is 0.110 e. The molecule has 1 heteroatoms. The molecule has 0 bridgehead atoms. The van der Waals surface area contributed by atoms with E-state index in [0.717, 1.165) is 0 Å². The lowest BCUT2D eigenvalue weighted by molar-refractivity contribution is 0.115. The highest BCUT2D eigenvalue weighted by molar-refractivity contribution is 5.23. The molecule has 0 unspecified atom stereocenters. The van der Waals surface area contributed by atoms with Gasteiger partial charge in [0.2, 0.25) is 0 Å². The zero-order valence-corrected chi connectivity index (χ0v) is 10.1. The van der Waals surface area contributed by atoms with Crippen LogP contribution in [0.5, 0.6) is 0 Å². The van der Waals surface area contributed by atoms with Gasteiger partial charge in [-0.25, -0.2) is 0 Å². The van der Waals surface area contributed by atoms with Crippen molar-refractivity contribution in [1.29, 1.82) is 0 Å². The first-order valence-corrected chi connectivity index (χ1v) is 5.40. The molecule has 0 spiro atoms. The quantitative estimate of drug-likeness (QED) is 0.681. The highest BCUT2D eigenvalue weighted by Gasteiger charge is 2.26. The van der Waals surface area contributed by atoms with E-state index in [0.29, 0.717) is 0 Å². The molecule has 0 heterocycles. The molecule has 0 aromatic carbocycles. The molecule has 1 nitrogen and oxygen atoms in total. The number of allylic oxidation sites excluding steroid dienone is 4. The predicted molar refractivity (Wildman–Crippen MR) is 67.7 cm³/mol. The van der Waals surface area contributed by atoms with Crippen LogP contribution in [-0.2, 0) is 0 Å². The van der Waals surface area contributed by atoms with Crippen molar-refractivity contribution >= 4 is 0 Å². The summed E-state index contributed by atoms with van der Waals surface area (Å²) in [4.78, 5) is 0. The highest BCUT2D eigenvalue weighted by atomic mass is 16.3. The lowest BCUT2D eigenvalue weighted by atomic mass is 9.85. The van der Waals surface area contributed by atoms with Crippen LogP contribution in [0.4, 0.5) is 0 Å². The van der Waals surface area contributed by atoms with Crippen LogP contribution in [0.1, 0.15) is 27.7 Å². The summed E-state index contributed by atoms with van der Waals surface area (Å²) in [5, 5.41) is 10.5. The Kier molecular flexibility index (Phi) is 6.72. The van der Waals surface area contributed by atoms with Gasteiger partial charge in [-0.1, -0.05) is 48.6 Å². The summed E-state index contributed by atoms with van der Waals surface area (Å²) in [6.45, 7) is 7.75. The van der Waals surface area contributed by atoms with Crippen LogP contribution in [0.25, 0.3) is 0 Å². The van der Waals surface area contributed by atoms with E-state index < -0.39 is 5.60 Å². The van der Waals surface area contributed by atoms with Crippen molar-refractivity contribution in [2.24, 2.45) is 5.92 Å². The van der Waals surface area contributed by atoms with Crippen molar-refractivity contribution in [3.8, 4) is 0 Å². The maximum atomic E-state index is 10.5. The summed E-state index contributed by atoms with van der Waals surface area (Å²) < 4.78 is 0. The monoisotopic (exact) mass is 206 g/mol. The summed E-state index contributed by atoms with van der Waals surface area (Å²) in [5.41, 5.74) is -0.914. The third-order valence-electron chi connectivity index (χ3n) is 2.20. The fourth-order valence-electron chi connectivity index (χ4n) is 1.60. The van der Waals surface area contributed by atoms with Gasteiger partial charge in [-0.15, -0.1) is 0 Å².